The van der Waals surface area contributed by atoms with Gasteiger partial charge in [0.25, 0.3) is 0 Å². The summed E-state index contributed by atoms with van der Waals surface area (Å²) >= 11 is 0. The molecule has 0 heterocycles. The molecule has 128 valence electrons. The van der Waals surface area contributed by atoms with Gasteiger partial charge in [0.2, 0.25) is 0 Å². The first-order valence-corrected chi connectivity index (χ1v) is 8.97. The van der Waals surface area contributed by atoms with Crippen molar-refractivity contribution in [1.29, 1.82) is 0 Å². The molecule has 2 nitrogen and oxygen atoms in total. The SMILES string of the molecule is C#CC[N+](C)(C)CC#CCC(O)(c1ccccc1)C1CCCCC1. The average molecular weight is 324 g/mol. The standard InChI is InChI=1S/C22H30NO/c1-4-18-23(2,3)19-12-11-17-22(24,20-13-7-5-8-14-20)21-15-9-6-10-16-21/h1,5,7-8,13-14,21,24H,6,9-10,15-19H2,2-3H3/q+1. The van der Waals surface area contributed by atoms with Gasteiger partial charge in [-0.05, 0) is 36.2 Å². The molecule has 24 heavy (non-hydrogen) atoms. The molecule has 1 aliphatic carbocycles. The molecular weight excluding hydrogens is 294 g/mol. The van der Waals surface area contributed by atoms with Crippen molar-refractivity contribution in [2.45, 2.75) is 44.1 Å². The van der Waals surface area contributed by atoms with Crippen LogP contribution < -0.4 is 0 Å². The van der Waals surface area contributed by atoms with E-state index < -0.39 is 5.60 Å². The monoisotopic (exact) mass is 324 g/mol. The van der Waals surface area contributed by atoms with Gasteiger partial charge in [0.1, 0.15) is 18.7 Å². The number of nitrogens with zero attached hydrogens (tertiary/aromatic N) is 1. The summed E-state index contributed by atoms with van der Waals surface area (Å²) < 4.78 is 0.691. The lowest BCUT2D eigenvalue weighted by molar-refractivity contribution is -0.875. The Labute approximate surface area is 147 Å². The molecule has 1 fully saturated rings. The van der Waals surface area contributed by atoms with Gasteiger partial charge in [-0.3, -0.25) is 0 Å². The lowest BCUT2D eigenvalue weighted by Crippen LogP contribution is -2.40. The van der Waals surface area contributed by atoms with Crippen LogP contribution >= 0.6 is 0 Å². The summed E-state index contributed by atoms with van der Waals surface area (Å²) in [5.74, 6) is 9.49. The Bertz CT molecular complexity index is 611. The Hall–Kier alpha value is -1.74. The molecule has 0 amide bonds. The highest BCUT2D eigenvalue weighted by Crippen LogP contribution is 2.41. The lowest BCUT2D eigenvalue weighted by atomic mass is 9.72. The van der Waals surface area contributed by atoms with Gasteiger partial charge in [-0.15, -0.1) is 6.42 Å². The van der Waals surface area contributed by atoms with Gasteiger partial charge in [0, 0.05) is 6.42 Å². The van der Waals surface area contributed by atoms with Crippen LogP contribution in [0.25, 0.3) is 0 Å². The van der Waals surface area contributed by atoms with Crippen LogP contribution in [-0.4, -0.2) is 36.8 Å². The van der Waals surface area contributed by atoms with E-state index in [1.165, 1.54) is 19.3 Å². The van der Waals surface area contributed by atoms with Gasteiger partial charge in [0.15, 0.2) is 0 Å². The number of aliphatic hydroxyl groups is 1. The molecule has 1 aromatic carbocycles. The fourth-order valence-corrected chi connectivity index (χ4v) is 3.56. The minimum absolute atomic E-state index is 0.302. The summed E-state index contributed by atoms with van der Waals surface area (Å²) in [7, 11) is 4.16. The van der Waals surface area contributed by atoms with Crippen LogP contribution in [0.1, 0.15) is 44.1 Å². The summed E-state index contributed by atoms with van der Waals surface area (Å²) in [6, 6.07) is 10.1. The lowest BCUT2D eigenvalue weighted by Gasteiger charge is -2.38. The predicted octanol–water partition coefficient (Wildman–Crippen LogP) is 3.56. The Kier molecular flexibility index (Phi) is 6.50. The highest BCUT2D eigenvalue weighted by molar-refractivity contribution is 5.26. The molecule has 1 N–H and O–H groups in total. The fraction of sp³-hybridized carbons (Fsp3) is 0.545. The van der Waals surface area contributed by atoms with Crippen molar-refractivity contribution in [3.05, 3.63) is 35.9 Å². The van der Waals surface area contributed by atoms with E-state index in [0.717, 1.165) is 18.4 Å². The summed E-state index contributed by atoms with van der Waals surface area (Å²) in [4.78, 5) is 0. The van der Waals surface area contributed by atoms with Crippen LogP contribution in [0.15, 0.2) is 30.3 Å². The highest BCUT2D eigenvalue weighted by atomic mass is 16.3. The molecule has 1 unspecified atom stereocenters. The Morgan fingerprint density at radius 3 is 2.38 bits per heavy atom. The van der Waals surface area contributed by atoms with Crippen molar-refractivity contribution in [2.24, 2.45) is 5.92 Å². The first kappa shape index (κ1) is 18.6. The molecule has 0 bridgehead atoms. The third-order valence-corrected chi connectivity index (χ3v) is 5.06. The molecule has 1 aliphatic rings. The second-order valence-corrected chi connectivity index (χ2v) is 7.61. The quantitative estimate of drug-likeness (QED) is 0.649. The van der Waals surface area contributed by atoms with Crippen molar-refractivity contribution in [3.63, 3.8) is 0 Å². The van der Waals surface area contributed by atoms with Crippen LogP contribution in [0.3, 0.4) is 0 Å². The fourth-order valence-electron chi connectivity index (χ4n) is 3.56. The number of terminal acetylenes is 1. The minimum Gasteiger partial charge on any atom is -0.384 e. The maximum Gasteiger partial charge on any atom is 0.141 e. The molecule has 2 rings (SSSR count). The summed E-state index contributed by atoms with van der Waals surface area (Å²) in [5.41, 5.74) is 0.168. The van der Waals surface area contributed by atoms with E-state index in [9.17, 15) is 5.11 Å². The molecule has 2 heteroatoms. The number of hydrogen-bond donors (Lipinski definition) is 1. The summed E-state index contributed by atoms with van der Waals surface area (Å²) in [5, 5.41) is 11.5. The molecule has 1 saturated carbocycles. The van der Waals surface area contributed by atoms with Crippen molar-refractivity contribution in [1.82, 2.24) is 0 Å². The Morgan fingerprint density at radius 1 is 1.08 bits per heavy atom. The van der Waals surface area contributed by atoms with E-state index in [0.29, 0.717) is 29.9 Å². The average Bonchev–Trinajstić information content (AvgIpc) is 2.60. The second-order valence-electron chi connectivity index (χ2n) is 7.61. The van der Waals surface area contributed by atoms with Crippen LogP contribution in [0.5, 0.6) is 0 Å². The number of quaternary nitrogens is 1. The molecule has 1 aromatic rings. The third kappa shape index (κ3) is 4.88. The van der Waals surface area contributed by atoms with Crippen LogP contribution in [0.4, 0.5) is 0 Å². The van der Waals surface area contributed by atoms with Gasteiger partial charge < -0.3 is 9.59 Å². The molecule has 0 radical (unpaired) electrons. The minimum atomic E-state index is -0.835. The predicted molar refractivity (Wildman–Crippen MR) is 100.0 cm³/mol. The number of hydrogen-bond acceptors (Lipinski definition) is 1. The molecular formula is C22H30NO+. The molecule has 1 atom stereocenters. The van der Waals surface area contributed by atoms with E-state index >= 15 is 0 Å². The Morgan fingerprint density at radius 2 is 1.75 bits per heavy atom. The third-order valence-electron chi connectivity index (χ3n) is 5.06. The van der Waals surface area contributed by atoms with Gasteiger partial charge >= 0.3 is 0 Å². The van der Waals surface area contributed by atoms with Crippen molar-refractivity contribution in [2.75, 3.05) is 27.2 Å². The van der Waals surface area contributed by atoms with E-state index in [4.69, 9.17) is 6.42 Å². The van der Waals surface area contributed by atoms with E-state index in [-0.39, 0.29) is 0 Å². The van der Waals surface area contributed by atoms with E-state index in [2.05, 4.69) is 31.9 Å². The maximum absolute atomic E-state index is 11.5. The maximum atomic E-state index is 11.5. The normalized spacial score (nSPS) is 18.1. The number of rotatable bonds is 5. The first-order chi connectivity index (χ1) is 11.5. The van der Waals surface area contributed by atoms with Gasteiger partial charge in [0.05, 0.1) is 14.1 Å². The zero-order valence-electron chi connectivity index (χ0n) is 15.1. The second kappa shape index (κ2) is 8.39. The van der Waals surface area contributed by atoms with E-state index in [1.54, 1.807) is 0 Å². The molecule has 0 aromatic heterocycles. The Balaban J connectivity index is 2.14. The molecule has 0 aliphatic heterocycles. The van der Waals surface area contributed by atoms with Gasteiger partial charge in [-0.2, -0.15) is 0 Å². The largest absolute Gasteiger partial charge is 0.384 e. The topological polar surface area (TPSA) is 20.2 Å². The molecule has 0 spiro atoms. The summed E-state index contributed by atoms with van der Waals surface area (Å²) in [6.45, 7) is 1.37. The smallest absolute Gasteiger partial charge is 0.141 e. The zero-order chi connectivity index (χ0) is 17.5. The van der Waals surface area contributed by atoms with Gasteiger partial charge in [-0.25, -0.2) is 0 Å². The number of benzene rings is 1. The first-order valence-electron chi connectivity index (χ1n) is 8.97. The van der Waals surface area contributed by atoms with Crippen molar-refractivity contribution >= 4 is 0 Å². The van der Waals surface area contributed by atoms with Crippen LogP contribution in [0.2, 0.25) is 0 Å². The molecule has 0 saturated heterocycles. The van der Waals surface area contributed by atoms with Crippen LogP contribution in [-0.2, 0) is 5.60 Å². The highest BCUT2D eigenvalue weighted by Gasteiger charge is 2.38. The van der Waals surface area contributed by atoms with Crippen LogP contribution in [0, 0.1) is 30.1 Å². The van der Waals surface area contributed by atoms with E-state index in [1.807, 2.05) is 30.3 Å². The van der Waals surface area contributed by atoms with Crippen molar-refractivity contribution in [3.8, 4) is 24.2 Å². The summed E-state index contributed by atoms with van der Waals surface area (Å²) in [6.07, 6.45) is 11.8. The van der Waals surface area contributed by atoms with Crippen molar-refractivity contribution < 1.29 is 9.59 Å². The van der Waals surface area contributed by atoms with Gasteiger partial charge in [-0.1, -0.05) is 55.5 Å². The zero-order valence-corrected chi connectivity index (χ0v) is 15.1.